The summed E-state index contributed by atoms with van der Waals surface area (Å²) < 4.78 is 26.7. The number of aliphatic hydroxyl groups excluding tert-OH is 1. The summed E-state index contributed by atoms with van der Waals surface area (Å²) in [6, 6.07) is 7.43. The maximum absolute atomic E-state index is 13.8. The zero-order chi connectivity index (χ0) is 15.5. The molecule has 1 fully saturated rings. The van der Waals surface area contributed by atoms with Crippen LogP contribution in [0.3, 0.4) is 0 Å². The third-order valence-electron chi connectivity index (χ3n) is 4.18. The van der Waals surface area contributed by atoms with Gasteiger partial charge in [-0.05, 0) is 43.1 Å². The topological polar surface area (TPSA) is 36.4 Å². The zero-order valence-corrected chi connectivity index (χ0v) is 12.1. The van der Waals surface area contributed by atoms with Crippen molar-refractivity contribution in [3.05, 3.63) is 65.5 Å². The molecular formula is C17H18F2N2O. The van der Waals surface area contributed by atoms with Gasteiger partial charge in [0.1, 0.15) is 11.6 Å². The van der Waals surface area contributed by atoms with Crippen LogP contribution >= 0.6 is 0 Å². The third-order valence-corrected chi connectivity index (χ3v) is 4.18. The van der Waals surface area contributed by atoms with E-state index in [1.165, 1.54) is 12.1 Å². The number of nitrogens with zero attached hydrogens (tertiary/aromatic N) is 2. The zero-order valence-electron chi connectivity index (χ0n) is 12.1. The number of hydrogen-bond donors (Lipinski definition) is 1. The van der Waals surface area contributed by atoms with Gasteiger partial charge in [0, 0.05) is 36.6 Å². The fourth-order valence-corrected chi connectivity index (χ4v) is 3.10. The molecule has 2 atom stereocenters. The first kappa shape index (κ1) is 15.1. The van der Waals surface area contributed by atoms with Crippen molar-refractivity contribution in [1.29, 1.82) is 0 Å². The van der Waals surface area contributed by atoms with Crippen LogP contribution in [0.1, 0.15) is 36.1 Å². The van der Waals surface area contributed by atoms with Crippen LogP contribution < -0.4 is 0 Å². The molecule has 2 aromatic rings. The van der Waals surface area contributed by atoms with Crippen LogP contribution in [0.5, 0.6) is 0 Å². The highest BCUT2D eigenvalue weighted by Crippen LogP contribution is 2.33. The molecule has 0 bridgehead atoms. The number of rotatable bonds is 4. The molecule has 1 aliphatic heterocycles. The van der Waals surface area contributed by atoms with Crippen molar-refractivity contribution < 1.29 is 13.9 Å². The molecule has 2 heterocycles. The Morgan fingerprint density at radius 3 is 2.73 bits per heavy atom. The fraction of sp³-hybridized carbons (Fsp3) is 0.353. The molecule has 1 aromatic heterocycles. The van der Waals surface area contributed by atoms with Crippen LogP contribution in [0.15, 0.2) is 42.7 Å². The van der Waals surface area contributed by atoms with Crippen LogP contribution in [0, 0.1) is 11.6 Å². The van der Waals surface area contributed by atoms with Crippen molar-refractivity contribution in [2.45, 2.75) is 25.0 Å². The first-order valence-corrected chi connectivity index (χ1v) is 7.42. The highest BCUT2D eigenvalue weighted by Gasteiger charge is 2.28. The number of hydrogen-bond acceptors (Lipinski definition) is 3. The van der Waals surface area contributed by atoms with Crippen molar-refractivity contribution in [3.63, 3.8) is 0 Å². The molecule has 116 valence electrons. The fourth-order valence-electron chi connectivity index (χ4n) is 3.10. The number of aromatic nitrogens is 1. The molecule has 5 heteroatoms. The van der Waals surface area contributed by atoms with E-state index in [9.17, 15) is 13.9 Å². The van der Waals surface area contributed by atoms with E-state index in [1.807, 2.05) is 12.1 Å². The normalized spacial score (nSPS) is 20.2. The van der Waals surface area contributed by atoms with Gasteiger partial charge in [0.25, 0.3) is 0 Å². The van der Waals surface area contributed by atoms with E-state index >= 15 is 0 Å². The molecule has 1 saturated heterocycles. The van der Waals surface area contributed by atoms with Gasteiger partial charge in [-0.25, -0.2) is 8.78 Å². The van der Waals surface area contributed by atoms with Gasteiger partial charge in [0.15, 0.2) is 0 Å². The maximum atomic E-state index is 13.8. The summed E-state index contributed by atoms with van der Waals surface area (Å²) in [5.74, 6) is -1.34. The summed E-state index contributed by atoms with van der Waals surface area (Å²) >= 11 is 0. The Morgan fingerprint density at radius 1 is 1.23 bits per heavy atom. The largest absolute Gasteiger partial charge is 0.387 e. The maximum Gasteiger partial charge on any atom is 0.131 e. The highest BCUT2D eigenvalue weighted by molar-refractivity contribution is 5.22. The van der Waals surface area contributed by atoms with E-state index in [1.54, 1.807) is 12.4 Å². The standard InChI is InChI=1S/C17H18F2N2O/c18-13-3-4-14(15(19)10-13)17(22)11-21-9-1-2-16(21)12-5-7-20-8-6-12/h3-8,10,16-17,22H,1-2,9,11H2. The quantitative estimate of drug-likeness (QED) is 0.942. The molecule has 22 heavy (non-hydrogen) atoms. The lowest BCUT2D eigenvalue weighted by atomic mass is 10.0. The van der Waals surface area contributed by atoms with E-state index in [0.29, 0.717) is 6.54 Å². The summed E-state index contributed by atoms with van der Waals surface area (Å²) in [6.07, 6.45) is 4.57. The molecule has 1 aromatic carbocycles. The predicted molar refractivity (Wildman–Crippen MR) is 79.1 cm³/mol. The Morgan fingerprint density at radius 2 is 2.00 bits per heavy atom. The van der Waals surface area contributed by atoms with Gasteiger partial charge in [-0.2, -0.15) is 0 Å². The van der Waals surface area contributed by atoms with Crippen molar-refractivity contribution in [2.24, 2.45) is 0 Å². The van der Waals surface area contributed by atoms with Crippen LogP contribution in [0.4, 0.5) is 8.78 Å². The molecule has 1 N–H and O–H groups in total. The molecule has 3 nitrogen and oxygen atoms in total. The van der Waals surface area contributed by atoms with Gasteiger partial charge in [-0.1, -0.05) is 6.07 Å². The minimum Gasteiger partial charge on any atom is -0.387 e. The Bertz CT molecular complexity index is 636. The highest BCUT2D eigenvalue weighted by atomic mass is 19.1. The van der Waals surface area contributed by atoms with E-state index in [0.717, 1.165) is 31.0 Å². The molecule has 3 rings (SSSR count). The average Bonchev–Trinajstić information content (AvgIpc) is 2.96. The van der Waals surface area contributed by atoms with E-state index in [2.05, 4.69) is 9.88 Å². The van der Waals surface area contributed by atoms with Gasteiger partial charge in [0.2, 0.25) is 0 Å². The molecule has 2 unspecified atom stereocenters. The van der Waals surface area contributed by atoms with Gasteiger partial charge in [-0.15, -0.1) is 0 Å². The number of benzene rings is 1. The first-order chi connectivity index (χ1) is 10.6. The van der Waals surface area contributed by atoms with Gasteiger partial charge in [-0.3, -0.25) is 9.88 Å². The second-order valence-corrected chi connectivity index (χ2v) is 5.62. The summed E-state index contributed by atoms with van der Waals surface area (Å²) in [4.78, 5) is 6.16. The van der Waals surface area contributed by atoms with Crippen molar-refractivity contribution in [2.75, 3.05) is 13.1 Å². The van der Waals surface area contributed by atoms with Crippen molar-refractivity contribution in [3.8, 4) is 0 Å². The van der Waals surface area contributed by atoms with Crippen molar-refractivity contribution >= 4 is 0 Å². The van der Waals surface area contributed by atoms with Crippen LogP contribution in [-0.2, 0) is 0 Å². The van der Waals surface area contributed by atoms with Crippen LogP contribution in [0.2, 0.25) is 0 Å². The number of aliphatic hydroxyl groups is 1. The molecule has 0 amide bonds. The number of pyridine rings is 1. The number of likely N-dealkylation sites (tertiary alicyclic amines) is 1. The lowest BCUT2D eigenvalue weighted by molar-refractivity contribution is 0.103. The lowest BCUT2D eigenvalue weighted by Crippen LogP contribution is -2.28. The molecule has 0 saturated carbocycles. The smallest absolute Gasteiger partial charge is 0.131 e. The lowest BCUT2D eigenvalue weighted by Gasteiger charge is -2.27. The second kappa shape index (κ2) is 6.50. The molecule has 0 spiro atoms. The predicted octanol–water partition coefficient (Wildman–Crippen LogP) is 3.23. The van der Waals surface area contributed by atoms with Gasteiger partial charge in [0.05, 0.1) is 6.10 Å². The minimum absolute atomic E-state index is 0.141. The first-order valence-electron chi connectivity index (χ1n) is 7.42. The average molecular weight is 304 g/mol. The van der Waals surface area contributed by atoms with E-state index < -0.39 is 17.7 Å². The number of halogens is 2. The summed E-state index contributed by atoms with van der Waals surface area (Å²) in [7, 11) is 0. The Hall–Kier alpha value is -1.85. The van der Waals surface area contributed by atoms with Crippen LogP contribution in [0.25, 0.3) is 0 Å². The Labute approximate surface area is 128 Å². The molecule has 0 aliphatic carbocycles. The van der Waals surface area contributed by atoms with Crippen LogP contribution in [-0.4, -0.2) is 28.1 Å². The molecule has 1 aliphatic rings. The summed E-state index contributed by atoms with van der Waals surface area (Å²) in [5.41, 5.74) is 1.29. The summed E-state index contributed by atoms with van der Waals surface area (Å²) in [5, 5.41) is 10.3. The Kier molecular flexibility index (Phi) is 4.45. The van der Waals surface area contributed by atoms with Crippen molar-refractivity contribution in [1.82, 2.24) is 9.88 Å². The Balaban J connectivity index is 1.74. The van der Waals surface area contributed by atoms with Gasteiger partial charge < -0.3 is 5.11 Å². The summed E-state index contributed by atoms with van der Waals surface area (Å²) in [6.45, 7) is 1.18. The second-order valence-electron chi connectivity index (χ2n) is 5.62. The molecular weight excluding hydrogens is 286 g/mol. The SMILES string of the molecule is OC(CN1CCCC1c1ccncc1)c1ccc(F)cc1F. The monoisotopic (exact) mass is 304 g/mol. The van der Waals surface area contributed by atoms with E-state index in [4.69, 9.17) is 0 Å². The van der Waals surface area contributed by atoms with E-state index in [-0.39, 0.29) is 11.6 Å². The number of β-amino-alcohol motifs (C(OH)–C–C–N with tert-alkyl or cyclic N) is 1. The van der Waals surface area contributed by atoms with Gasteiger partial charge >= 0.3 is 0 Å². The molecule has 0 radical (unpaired) electrons. The minimum atomic E-state index is -0.969. The third kappa shape index (κ3) is 3.15.